The molecule has 1 saturated carbocycles. The maximum absolute atomic E-state index is 13.2. The summed E-state index contributed by atoms with van der Waals surface area (Å²) in [6, 6.07) is 7.34. The highest BCUT2D eigenvalue weighted by Crippen LogP contribution is 2.34. The fraction of sp³-hybridized carbons (Fsp3) is 0.636. The molecule has 2 heterocycles. The molecule has 6 heteroatoms. The number of morpholine rings is 1. The predicted molar refractivity (Wildman–Crippen MR) is 107 cm³/mol. The summed E-state index contributed by atoms with van der Waals surface area (Å²) in [5.74, 6) is -0.0297. The number of nitrogens with one attached hydrogen (secondary N) is 1. The molecule has 6 nitrogen and oxygen atoms in total. The van der Waals surface area contributed by atoms with Gasteiger partial charge in [-0.15, -0.1) is 0 Å². The van der Waals surface area contributed by atoms with Crippen molar-refractivity contribution >= 4 is 11.8 Å². The minimum atomic E-state index is -0.490. The Balaban J connectivity index is 1.43. The first-order valence-corrected chi connectivity index (χ1v) is 10.7. The van der Waals surface area contributed by atoms with Gasteiger partial charge in [0.15, 0.2) is 0 Å². The Kier molecular flexibility index (Phi) is 6.27. The zero-order valence-electron chi connectivity index (χ0n) is 16.6. The van der Waals surface area contributed by atoms with Gasteiger partial charge in [0.1, 0.15) is 6.04 Å². The molecule has 0 radical (unpaired) electrons. The Morgan fingerprint density at radius 1 is 1.07 bits per heavy atom. The van der Waals surface area contributed by atoms with Crippen LogP contribution in [0.15, 0.2) is 24.3 Å². The van der Waals surface area contributed by atoms with Crippen molar-refractivity contribution in [1.82, 2.24) is 15.1 Å². The summed E-state index contributed by atoms with van der Waals surface area (Å²) in [5.41, 5.74) is 1.53. The zero-order chi connectivity index (χ0) is 19.3. The molecule has 4 rings (SSSR count). The Bertz CT molecular complexity index is 696. The molecule has 1 aromatic rings. The predicted octanol–water partition coefficient (Wildman–Crippen LogP) is 2.35. The molecule has 1 aromatic carbocycles. The third-order valence-corrected chi connectivity index (χ3v) is 6.24. The number of carbonyl (C=O) groups excluding carboxylic acids is 2. The van der Waals surface area contributed by atoms with Gasteiger partial charge < -0.3 is 15.0 Å². The lowest BCUT2D eigenvalue weighted by molar-refractivity contribution is -0.126. The highest BCUT2D eigenvalue weighted by atomic mass is 16.5. The van der Waals surface area contributed by atoms with Crippen molar-refractivity contribution in [3.8, 4) is 0 Å². The average Bonchev–Trinajstić information content (AvgIpc) is 3.02. The van der Waals surface area contributed by atoms with E-state index in [1.807, 2.05) is 24.3 Å². The summed E-state index contributed by atoms with van der Waals surface area (Å²) in [4.78, 5) is 30.3. The van der Waals surface area contributed by atoms with E-state index in [1.54, 1.807) is 4.90 Å². The van der Waals surface area contributed by atoms with Crippen molar-refractivity contribution in [3.05, 3.63) is 35.4 Å². The molecule has 1 atom stereocenters. The van der Waals surface area contributed by atoms with Crippen LogP contribution in [0.2, 0.25) is 0 Å². The van der Waals surface area contributed by atoms with Crippen LogP contribution in [-0.4, -0.2) is 67.0 Å². The molecule has 28 heavy (non-hydrogen) atoms. The molecule has 3 aliphatic rings. The van der Waals surface area contributed by atoms with Gasteiger partial charge in [-0.05, 0) is 30.9 Å². The van der Waals surface area contributed by atoms with Crippen molar-refractivity contribution in [2.75, 3.05) is 39.4 Å². The van der Waals surface area contributed by atoms with Gasteiger partial charge in [-0.25, -0.2) is 0 Å². The quantitative estimate of drug-likeness (QED) is 0.817. The Morgan fingerprint density at radius 2 is 1.82 bits per heavy atom. The lowest BCUT2D eigenvalue weighted by atomic mass is 9.95. The smallest absolute Gasteiger partial charge is 0.255 e. The normalized spacial score (nSPS) is 23.6. The van der Waals surface area contributed by atoms with Crippen molar-refractivity contribution in [3.63, 3.8) is 0 Å². The molecule has 2 amide bonds. The number of hydrogen-bond donors (Lipinski definition) is 1. The van der Waals surface area contributed by atoms with Crippen LogP contribution in [0.5, 0.6) is 0 Å². The van der Waals surface area contributed by atoms with E-state index in [-0.39, 0.29) is 17.9 Å². The highest BCUT2D eigenvalue weighted by molar-refractivity contribution is 6.04. The van der Waals surface area contributed by atoms with E-state index in [2.05, 4.69) is 10.2 Å². The van der Waals surface area contributed by atoms with Crippen LogP contribution in [0.1, 0.15) is 60.5 Å². The van der Waals surface area contributed by atoms with Crippen LogP contribution in [0, 0.1) is 0 Å². The second kappa shape index (κ2) is 9.05. The van der Waals surface area contributed by atoms with Gasteiger partial charge in [-0.1, -0.05) is 37.5 Å². The second-order valence-corrected chi connectivity index (χ2v) is 8.14. The maximum atomic E-state index is 13.2. The summed E-state index contributed by atoms with van der Waals surface area (Å²) < 4.78 is 5.40. The third-order valence-electron chi connectivity index (χ3n) is 6.24. The third kappa shape index (κ3) is 4.23. The first-order chi connectivity index (χ1) is 13.7. The van der Waals surface area contributed by atoms with Crippen LogP contribution >= 0.6 is 0 Å². The summed E-state index contributed by atoms with van der Waals surface area (Å²) in [6.45, 7) is 4.98. The summed E-state index contributed by atoms with van der Waals surface area (Å²) >= 11 is 0. The maximum Gasteiger partial charge on any atom is 0.255 e. The van der Waals surface area contributed by atoms with E-state index >= 15 is 0 Å². The fourth-order valence-electron chi connectivity index (χ4n) is 4.70. The SMILES string of the molecule is O=C(NC1CCCCC1)C1c2ccccc2C(=O)N1CCCN1CCOCC1. The summed E-state index contributed by atoms with van der Waals surface area (Å²) in [7, 11) is 0. The zero-order valence-corrected chi connectivity index (χ0v) is 16.6. The van der Waals surface area contributed by atoms with Crippen molar-refractivity contribution in [2.24, 2.45) is 0 Å². The highest BCUT2D eigenvalue weighted by Gasteiger charge is 2.41. The molecule has 1 aliphatic carbocycles. The van der Waals surface area contributed by atoms with E-state index in [1.165, 1.54) is 19.3 Å². The Hall–Kier alpha value is -1.92. The molecular weight excluding hydrogens is 354 g/mol. The van der Waals surface area contributed by atoms with E-state index in [0.29, 0.717) is 12.1 Å². The molecule has 2 aliphatic heterocycles. The van der Waals surface area contributed by atoms with Gasteiger partial charge >= 0.3 is 0 Å². The minimum Gasteiger partial charge on any atom is -0.379 e. The van der Waals surface area contributed by atoms with Crippen LogP contribution in [-0.2, 0) is 9.53 Å². The molecule has 1 saturated heterocycles. The second-order valence-electron chi connectivity index (χ2n) is 8.14. The molecule has 0 bridgehead atoms. The molecule has 1 N–H and O–H groups in total. The monoisotopic (exact) mass is 385 g/mol. The largest absolute Gasteiger partial charge is 0.379 e. The molecule has 1 unspecified atom stereocenters. The standard InChI is InChI=1S/C22H31N3O3/c26-21(23-17-7-2-1-3-8-17)20-18-9-4-5-10-19(18)22(27)25(20)12-6-11-24-13-15-28-16-14-24/h4-5,9-10,17,20H,1-3,6-8,11-16H2,(H,23,26). The number of fused-ring (bicyclic) bond motifs is 1. The van der Waals surface area contributed by atoms with Gasteiger partial charge in [0.25, 0.3) is 5.91 Å². The van der Waals surface area contributed by atoms with E-state index in [0.717, 1.165) is 57.7 Å². The number of amides is 2. The number of rotatable bonds is 6. The van der Waals surface area contributed by atoms with Crippen LogP contribution in [0.4, 0.5) is 0 Å². The van der Waals surface area contributed by atoms with Crippen molar-refractivity contribution in [1.29, 1.82) is 0 Å². The minimum absolute atomic E-state index is 0.0126. The first-order valence-electron chi connectivity index (χ1n) is 10.7. The number of ether oxygens (including phenoxy) is 1. The lowest BCUT2D eigenvalue weighted by Gasteiger charge is -2.30. The fourth-order valence-corrected chi connectivity index (χ4v) is 4.70. The molecule has 152 valence electrons. The van der Waals surface area contributed by atoms with Crippen molar-refractivity contribution < 1.29 is 14.3 Å². The number of carbonyl (C=O) groups is 2. The average molecular weight is 386 g/mol. The Morgan fingerprint density at radius 3 is 2.61 bits per heavy atom. The van der Waals surface area contributed by atoms with E-state index < -0.39 is 6.04 Å². The number of benzene rings is 1. The van der Waals surface area contributed by atoms with Crippen LogP contribution in [0.3, 0.4) is 0 Å². The number of hydrogen-bond acceptors (Lipinski definition) is 4. The molecular formula is C22H31N3O3. The van der Waals surface area contributed by atoms with Gasteiger partial charge in [-0.2, -0.15) is 0 Å². The first kappa shape index (κ1) is 19.4. The van der Waals surface area contributed by atoms with E-state index in [9.17, 15) is 9.59 Å². The van der Waals surface area contributed by atoms with Gasteiger partial charge in [-0.3, -0.25) is 14.5 Å². The number of nitrogens with zero attached hydrogens (tertiary/aromatic N) is 2. The van der Waals surface area contributed by atoms with E-state index in [4.69, 9.17) is 4.74 Å². The van der Waals surface area contributed by atoms with Crippen LogP contribution in [0.25, 0.3) is 0 Å². The van der Waals surface area contributed by atoms with Crippen LogP contribution < -0.4 is 5.32 Å². The summed E-state index contributed by atoms with van der Waals surface area (Å²) in [5, 5.41) is 3.23. The Labute approximate surface area is 167 Å². The van der Waals surface area contributed by atoms with Gasteiger partial charge in [0.05, 0.1) is 13.2 Å². The lowest BCUT2D eigenvalue weighted by Crippen LogP contribution is -2.45. The summed E-state index contributed by atoms with van der Waals surface area (Å²) in [6.07, 6.45) is 6.57. The van der Waals surface area contributed by atoms with Gasteiger partial charge in [0.2, 0.25) is 5.91 Å². The topological polar surface area (TPSA) is 61.9 Å². The van der Waals surface area contributed by atoms with Crippen molar-refractivity contribution in [2.45, 2.75) is 50.6 Å². The molecule has 0 aromatic heterocycles. The molecule has 2 fully saturated rings. The molecule has 0 spiro atoms. The van der Waals surface area contributed by atoms with Gasteiger partial charge in [0, 0.05) is 37.8 Å².